The topological polar surface area (TPSA) is 38.5 Å². The Bertz CT molecular complexity index is 424. The van der Waals surface area contributed by atoms with Crippen LogP contribution in [-0.4, -0.2) is 25.8 Å². The van der Waals surface area contributed by atoms with Crippen molar-refractivity contribution in [2.75, 3.05) is 25.1 Å². The summed E-state index contributed by atoms with van der Waals surface area (Å²) in [4.78, 5) is 2.30. The van der Waals surface area contributed by atoms with Crippen molar-refractivity contribution >= 4 is 17.3 Å². The molecule has 1 aromatic carbocycles. The molecule has 4 heteroatoms. The summed E-state index contributed by atoms with van der Waals surface area (Å²) in [5, 5.41) is 0.776. The third-order valence-electron chi connectivity index (χ3n) is 3.76. The van der Waals surface area contributed by atoms with E-state index >= 15 is 0 Å². The van der Waals surface area contributed by atoms with E-state index in [9.17, 15) is 0 Å². The number of benzene rings is 1. The fourth-order valence-corrected chi connectivity index (χ4v) is 2.96. The van der Waals surface area contributed by atoms with Gasteiger partial charge in [0.2, 0.25) is 0 Å². The average Bonchev–Trinajstić information content (AvgIpc) is 2.38. The van der Waals surface area contributed by atoms with Crippen LogP contribution in [0.3, 0.4) is 0 Å². The quantitative estimate of drug-likeness (QED) is 0.916. The number of ether oxygens (including phenoxy) is 1. The number of nitrogens with two attached hydrogens (primary N) is 1. The minimum absolute atomic E-state index is 0.0940. The summed E-state index contributed by atoms with van der Waals surface area (Å²) in [6.07, 6.45) is 2.20. The summed E-state index contributed by atoms with van der Waals surface area (Å²) >= 11 is 6.34. The maximum atomic E-state index is 6.34. The zero-order chi connectivity index (χ0) is 13.2. The summed E-state index contributed by atoms with van der Waals surface area (Å²) in [6.45, 7) is 4.53. The highest BCUT2D eigenvalue weighted by Crippen LogP contribution is 2.34. The standard InChI is InChI=1S/C14H21ClN2O/c1-14(18-2)7-4-8-17(10-14)13-11(9-16)5-3-6-12(13)15/h3,5-6H,4,7-10,16H2,1-2H3. The predicted molar refractivity (Wildman–Crippen MR) is 76.2 cm³/mol. The van der Waals surface area contributed by atoms with Gasteiger partial charge in [0.05, 0.1) is 16.3 Å². The first kappa shape index (κ1) is 13.7. The third kappa shape index (κ3) is 2.63. The minimum Gasteiger partial charge on any atom is -0.377 e. The number of para-hydroxylation sites is 1. The van der Waals surface area contributed by atoms with Crippen molar-refractivity contribution < 1.29 is 4.74 Å². The van der Waals surface area contributed by atoms with Crippen molar-refractivity contribution in [3.63, 3.8) is 0 Å². The summed E-state index contributed by atoms with van der Waals surface area (Å²) in [7, 11) is 1.78. The van der Waals surface area contributed by atoms with E-state index in [0.717, 1.165) is 42.2 Å². The van der Waals surface area contributed by atoms with Crippen LogP contribution in [0.25, 0.3) is 0 Å². The van der Waals surface area contributed by atoms with Crippen molar-refractivity contribution in [1.29, 1.82) is 0 Å². The minimum atomic E-state index is -0.0940. The molecule has 1 atom stereocenters. The van der Waals surface area contributed by atoms with E-state index in [4.69, 9.17) is 22.1 Å². The van der Waals surface area contributed by atoms with E-state index in [1.165, 1.54) is 0 Å². The van der Waals surface area contributed by atoms with E-state index in [1.54, 1.807) is 7.11 Å². The molecule has 2 N–H and O–H groups in total. The number of hydrogen-bond donors (Lipinski definition) is 1. The first-order valence-corrected chi connectivity index (χ1v) is 6.75. The molecule has 1 aliphatic heterocycles. The second-order valence-corrected chi connectivity index (χ2v) is 5.54. The smallest absolute Gasteiger partial charge is 0.0825 e. The fourth-order valence-electron chi connectivity index (χ4n) is 2.64. The molecule has 1 aliphatic rings. The van der Waals surface area contributed by atoms with E-state index in [1.807, 2.05) is 18.2 Å². The van der Waals surface area contributed by atoms with E-state index in [-0.39, 0.29) is 5.60 Å². The highest BCUT2D eigenvalue weighted by Gasteiger charge is 2.32. The van der Waals surface area contributed by atoms with Crippen LogP contribution in [0.15, 0.2) is 18.2 Å². The van der Waals surface area contributed by atoms with Crippen LogP contribution in [0, 0.1) is 0 Å². The van der Waals surface area contributed by atoms with Crippen molar-refractivity contribution in [3.05, 3.63) is 28.8 Å². The summed E-state index contributed by atoms with van der Waals surface area (Å²) < 4.78 is 5.63. The van der Waals surface area contributed by atoms with Gasteiger partial charge in [-0.15, -0.1) is 0 Å². The Morgan fingerprint density at radius 1 is 1.50 bits per heavy atom. The van der Waals surface area contributed by atoms with Gasteiger partial charge >= 0.3 is 0 Å². The number of piperidine rings is 1. The van der Waals surface area contributed by atoms with Crippen LogP contribution >= 0.6 is 11.6 Å². The lowest BCUT2D eigenvalue weighted by Gasteiger charge is -2.41. The van der Waals surface area contributed by atoms with Gasteiger partial charge in [-0.05, 0) is 31.4 Å². The molecule has 1 unspecified atom stereocenters. The molecule has 0 aromatic heterocycles. The maximum Gasteiger partial charge on any atom is 0.0825 e. The highest BCUT2D eigenvalue weighted by molar-refractivity contribution is 6.33. The molecule has 0 aliphatic carbocycles. The number of anilines is 1. The molecular weight excluding hydrogens is 248 g/mol. The number of rotatable bonds is 3. The summed E-state index contributed by atoms with van der Waals surface area (Å²) in [5.41, 5.74) is 7.89. The second kappa shape index (κ2) is 5.47. The van der Waals surface area contributed by atoms with Gasteiger partial charge in [-0.3, -0.25) is 0 Å². The molecule has 3 nitrogen and oxygen atoms in total. The van der Waals surface area contributed by atoms with Gasteiger partial charge in [0.15, 0.2) is 0 Å². The molecular formula is C14H21ClN2O. The number of nitrogens with zero attached hydrogens (tertiary/aromatic N) is 1. The van der Waals surface area contributed by atoms with E-state index < -0.39 is 0 Å². The first-order chi connectivity index (χ1) is 8.59. The molecule has 1 aromatic rings. The SMILES string of the molecule is COC1(C)CCCN(c2c(Cl)cccc2CN)C1. The lowest BCUT2D eigenvalue weighted by Crippen LogP contribution is -2.47. The molecule has 2 rings (SSSR count). The van der Waals surface area contributed by atoms with Crippen molar-refractivity contribution in [2.45, 2.75) is 31.9 Å². The normalized spacial score (nSPS) is 24.3. The van der Waals surface area contributed by atoms with Gasteiger partial charge in [0, 0.05) is 26.7 Å². The van der Waals surface area contributed by atoms with E-state index in [2.05, 4.69) is 11.8 Å². The zero-order valence-electron chi connectivity index (χ0n) is 11.1. The monoisotopic (exact) mass is 268 g/mol. The Labute approximate surface area is 114 Å². The molecule has 1 saturated heterocycles. The highest BCUT2D eigenvalue weighted by atomic mass is 35.5. The maximum absolute atomic E-state index is 6.34. The van der Waals surface area contributed by atoms with Gasteiger partial charge < -0.3 is 15.4 Å². The summed E-state index contributed by atoms with van der Waals surface area (Å²) in [6, 6.07) is 5.92. The van der Waals surface area contributed by atoms with Gasteiger partial charge in [-0.25, -0.2) is 0 Å². The van der Waals surface area contributed by atoms with Crippen LogP contribution in [0.5, 0.6) is 0 Å². The number of methoxy groups -OCH3 is 1. The molecule has 0 bridgehead atoms. The predicted octanol–water partition coefficient (Wildman–Crippen LogP) is 2.80. The lowest BCUT2D eigenvalue weighted by atomic mass is 9.94. The Morgan fingerprint density at radius 2 is 2.28 bits per heavy atom. The van der Waals surface area contributed by atoms with Gasteiger partial charge in [-0.1, -0.05) is 23.7 Å². The Kier molecular flexibility index (Phi) is 4.15. The molecule has 0 saturated carbocycles. The Hall–Kier alpha value is -0.770. The molecule has 0 spiro atoms. The fraction of sp³-hybridized carbons (Fsp3) is 0.571. The molecule has 1 heterocycles. The van der Waals surface area contributed by atoms with Crippen molar-refractivity contribution in [3.8, 4) is 0 Å². The van der Waals surface area contributed by atoms with Crippen LogP contribution in [0.4, 0.5) is 5.69 Å². The first-order valence-electron chi connectivity index (χ1n) is 6.37. The van der Waals surface area contributed by atoms with Crippen LogP contribution < -0.4 is 10.6 Å². The zero-order valence-corrected chi connectivity index (χ0v) is 11.8. The lowest BCUT2D eigenvalue weighted by molar-refractivity contribution is -0.00467. The van der Waals surface area contributed by atoms with Gasteiger partial charge in [0.1, 0.15) is 0 Å². The van der Waals surface area contributed by atoms with Gasteiger partial charge in [-0.2, -0.15) is 0 Å². The average molecular weight is 269 g/mol. The van der Waals surface area contributed by atoms with E-state index in [0.29, 0.717) is 6.54 Å². The third-order valence-corrected chi connectivity index (χ3v) is 4.06. The number of hydrogen-bond acceptors (Lipinski definition) is 3. The Balaban J connectivity index is 2.31. The van der Waals surface area contributed by atoms with Crippen LogP contribution in [0.2, 0.25) is 5.02 Å². The van der Waals surface area contributed by atoms with Crippen molar-refractivity contribution in [2.24, 2.45) is 5.73 Å². The Morgan fingerprint density at radius 3 is 2.94 bits per heavy atom. The van der Waals surface area contributed by atoms with Crippen LogP contribution in [0.1, 0.15) is 25.3 Å². The summed E-state index contributed by atoms with van der Waals surface area (Å²) in [5.74, 6) is 0. The molecule has 100 valence electrons. The second-order valence-electron chi connectivity index (χ2n) is 5.13. The molecule has 0 radical (unpaired) electrons. The van der Waals surface area contributed by atoms with Crippen molar-refractivity contribution in [1.82, 2.24) is 0 Å². The number of halogens is 1. The largest absolute Gasteiger partial charge is 0.377 e. The molecule has 0 amide bonds. The molecule has 1 fully saturated rings. The van der Waals surface area contributed by atoms with Gasteiger partial charge in [0.25, 0.3) is 0 Å². The van der Waals surface area contributed by atoms with Crippen LogP contribution in [-0.2, 0) is 11.3 Å². The molecule has 18 heavy (non-hydrogen) atoms.